The highest BCUT2D eigenvalue weighted by Crippen LogP contribution is 2.14. The second-order valence-electron chi connectivity index (χ2n) is 6.08. The third-order valence-corrected chi connectivity index (χ3v) is 4.01. The Hall–Kier alpha value is -3.08. The van der Waals surface area contributed by atoms with Crippen molar-refractivity contribution >= 4 is 17.4 Å². The van der Waals surface area contributed by atoms with Crippen molar-refractivity contribution in [3.63, 3.8) is 0 Å². The number of carbonyl (C=O) groups excluding carboxylic acids is 1. The summed E-state index contributed by atoms with van der Waals surface area (Å²) in [5.74, 6) is 0.724. The Bertz CT molecular complexity index is 822. The number of aryl methyl sites for hydroxylation is 2. The first kappa shape index (κ1) is 16.8. The van der Waals surface area contributed by atoms with Crippen molar-refractivity contribution in [3.8, 4) is 0 Å². The molecule has 0 bridgehead atoms. The molecule has 0 spiro atoms. The Morgan fingerprint density at radius 2 is 1.88 bits per heavy atom. The van der Waals surface area contributed by atoms with E-state index in [1.807, 2.05) is 72.2 Å². The molecule has 0 fully saturated rings. The maximum atomic E-state index is 12.6. The molecule has 1 N–H and O–H groups in total. The summed E-state index contributed by atoms with van der Waals surface area (Å²) < 4.78 is 1.98. The largest absolute Gasteiger partial charge is 0.363 e. The van der Waals surface area contributed by atoms with Crippen LogP contribution >= 0.6 is 0 Å². The summed E-state index contributed by atoms with van der Waals surface area (Å²) in [5, 5.41) is 2.91. The first-order valence-corrected chi connectivity index (χ1v) is 8.27. The minimum absolute atomic E-state index is 0.127. The zero-order valence-electron chi connectivity index (χ0n) is 14.5. The van der Waals surface area contributed by atoms with E-state index in [1.165, 1.54) is 5.56 Å². The fourth-order valence-corrected chi connectivity index (χ4v) is 2.63. The van der Waals surface area contributed by atoms with Crippen LogP contribution in [0.25, 0.3) is 0 Å². The number of hydrogen-bond acceptors (Lipinski definition) is 3. The van der Waals surface area contributed by atoms with Gasteiger partial charge in [0.05, 0.1) is 11.9 Å². The molecule has 0 saturated heterocycles. The number of pyridine rings is 1. The first-order valence-electron chi connectivity index (χ1n) is 8.27. The molecular formula is C20H22N4O. The van der Waals surface area contributed by atoms with Gasteiger partial charge in [0, 0.05) is 26.8 Å². The Balaban J connectivity index is 1.65. The van der Waals surface area contributed by atoms with Gasteiger partial charge in [0.2, 0.25) is 0 Å². The number of carbonyl (C=O) groups is 1. The second-order valence-corrected chi connectivity index (χ2v) is 6.08. The van der Waals surface area contributed by atoms with Crippen LogP contribution in [0.2, 0.25) is 0 Å². The highest BCUT2D eigenvalue weighted by molar-refractivity contribution is 6.03. The highest BCUT2D eigenvalue weighted by Gasteiger charge is 2.11. The Morgan fingerprint density at radius 3 is 2.56 bits per heavy atom. The van der Waals surface area contributed by atoms with Crippen molar-refractivity contribution < 1.29 is 4.79 Å². The zero-order valence-corrected chi connectivity index (χ0v) is 14.5. The van der Waals surface area contributed by atoms with Crippen LogP contribution in [0, 0.1) is 0 Å². The van der Waals surface area contributed by atoms with Gasteiger partial charge >= 0.3 is 0 Å². The van der Waals surface area contributed by atoms with Crippen molar-refractivity contribution in [2.24, 2.45) is 0 Å². The van der Waals surface area contributed by atoms with Crippen LogP contribution in [0.3, 0.4) is 0 Å². The van der Waals surface area contributed by atoms with Crippen LogP contribution < -0.4 is 10.2 Å². The fourth-order valence-electron chi connectivity index (χ4n) is 2.63. The molecule has 1 aromatic carbocycles. The number of hydrogen-bond donors (Lipinski definition) is 1. The molecular weight excluding hydrogens is 312 g/mol. The number of amides is 1. The molecule has 0 unspecified atom stereocenters. The molecule has 5 nitrogen and oxygen atoms in total. The van der Waals surface area contributed by atoms with Crippen LogP contribution in [0.15, 0.2) is 67.0 Å². The van der Waals surface area contributed by atoms with Gasteiger partial charge in [-0.1, -0.05) is 30.3 Å². The van der Waals surface area contributed by atoms with Crippen molar-refractivity contribution in [2.75, 3.05) is 24.3 Å². The lowest BCUT2D eigenvalue weighted by atomic mass is 10.1. The fraction of sp³-hybridized carbons (Fsp3) is 0.200. The van der Waals surface area contributed by atoms with Gasteiger partial charge in [-0.15, -0.1) is 0 Å². The number of nitrogens with zero attached hydrogens (tertiary/aromatic N) is 3. The molecule has 3 aromatic rings. The van der Waals surface area contributed by atoms with E-state index in [9.17, 15) is 4.79 Å². The predicted molar refractivity (Wildman–Crippen MR) is 101 cm³/mol. The van der Waals surface area contributed by atoms with Crippen LogP contribution in [-0.2, 0) is 13.0 Å². The van der Waals surface area contributed by atoms with Gasteiger partial charge in [0.1, 0.15) is 11.5 Å². The quantitative estimate of drug-likeness (QED) is 0.751. The molecule has 0 aliphatic rings. The van der Waals surface area contributed by atoms with Crippen molar-refractivity contribution in [3.05, 3.63) is 78.2 Å². The number of rotatable bonds is 6. The molecule has 2 heterocycles. The van der Waals surface area contributed by atoms with E-state index in [2.05, 4.69) is 22.4 Å². The maximum absolute atomic E-state index is 12.6. The minimum atomic E-state index is -0.127. The summed E-state index contributed by atoms with van der Waals surface area (Å²) >= 11 is 0. The normalized spacial score (nSPS) is 10.5. The topological polar surface area (TPSA) is 50.2 Å². The van der Waals surface area contributed by atoms with Crippen molar-refractivity contribution in [2.45, 2.75) is 13.0 Å². The average molecular weight is 334 g/mol. The molecule has 0 saturated carbocycles. The van der Waals surface area contributed by atoms with Crippen LogP contribution in [0.4, 0.5) is 11.5 Å². The molecule has 0 aliphatic heterocycles. The van der Waals surface area contributed by atoms with E-state index in [-0.39, 0.29) is 5.91 Å². The maximum Gasteiger partial charge on any atom is 0.272 e. The summed E-state index contributed by atoms with van der Waals surface area (Å²) in [6.45, 7) is 0.761. The van der Waals surface area contributed by atoms with E-state index in [0.29, 0.717) is 11.4 Å². The summed E-state index contributed by atoms with van der Waals surface area (Å²) in [7, 11) is 3.86. The summed E-state index contributed by atoms with van der Waals surface area (Å²) in [4.78, 5) is 18.8. The Morgan fingerprint density at radius 1 is 1.08 bits per heavy atom. The lowest BCUT2D eigenvalue weighted by molar-refractivity contribution is 0.101. The second kappa shape index (κ2) is 7.66. The van der Waals surface area contributed by atoms with Crippen LogP contribution in [0.5, 0.6) is 0 Å². The highest BCUT2D eigenvalue weighted by atomic mass is 16.1. The number of benzene rings is 1. The molecule has 1 amide bonds. The van der Waals surface area contributed by atoms with Crippen molar-refractivity contribution in [1.82, 2.24) is 9.55 Å². The first-order chi connectivity index (χ1) is 12.1. The number of aromatic nitrogens is 2. The van der Waals surface area contributed by atoms with E-state index in [1.54, 1.807) is 6.20 Å². The molecule has 0 radical (unpaired) electrons. The monoisotopic (exact) mass is 334 g/mol. The Kier molecular flexibility index (Phi) is 5.14. The molecule has 2 aromatic heterocycles. The molecule has 25 heavy (non-hydrogen) atoms. The Labute approximate surface area is 147 Å². The van der Waals surface area contributed by atoms with E-state index in [0.717, 1.165) is 18.8 Å². The lowest BCUT2D eigenvalue weighted by Gasteiger charge is -2.12. The molecule has 0 atom stereocenters. The van der Waals surface area contributed by atoms with Gasteiger partial charge in [0.15, 0.2) is 0 Å². The number of nitrogens with one attached hydrogen (secondary N) is 1. The van der Waals surface area contributed by atoms with E-state index >= 15 is 0 Å². The van der Waals surface area contributed by atoms with Gasteiger partial charge in [-0.25, -0.2) is 4.98 Å². The lowest BCUT2D eigenvalue weighted by Crippen LogP contribution is -2.18. The van der Waals surface area contributed by atoms with Gasteiger partial charge < -0.3 is 14.8 Å². The third-order valence-electron chi connectivity index (χ3n) is 4.01. The zero-order chi connectivity index (χ0) is 17.6. The van der Waals surface area contributed by atoms with Crippen LogP contribution in [-0.4, -0.2) is 29.6 Å². The van der Waals surface area contributed by atoms with Gasteiger partial charge in [-0.2, -0.15) is 0 Å². The van der Waals surface area contributed by atoms with Gasteiger partial charge in [-0.05, 0) is 36.2 Å². The SMILES string of the molecule is CN(C)c1ccc(NC(=O)c2cccn2CCc2ccccc2)cn1. The summed E-state index contributed by atoms with van der Waals surface area (Å²) in [6, 6.07) is 17.7. The molecule has 5 heteroatoms. The number of anilines is 2. The van der Waals surface area contributed by atoms with Gasteiger partial charge in [-0.3, -0.25) is 4.79 Å². The van der Waals surface area contributed by atoms with Crippen LogP contribution in [0.1, 0.15) is 16.1 Å². The van der Waals surface area contributed by atoms with Crippen molar-refractivity contribution in [1.29, 1.82) is 0 Å². The molecule has 0 aliphatic carbocycles. The smallest absolute Gasteiger partial charge is 0.272 e. The summed E-state index contributed by atoms with van der Waals surface area (Å²) in [6.07, 6.45) is 4.49. The standard InChI is InChI=1S/C20H22N4O/c1-23(2)19-11-10-17(15-21-19)22-20(25)18-9-6-13-24(18)14-12-16-7-4-3-5-8-16/h3-11,13,15H,12,14H2,1-2H3,(H,22,25). The minimum Gasteiger partial charge on any atom is -0.363 e. The average Bonchev–Trinajstić information content (AvgIpc) is 3.10. The summed E-state index contributed by atoms with van der Waals surface area (Å²) in [5.41, 5.74) is 2.59. The van der Waals surface area contributed by atoms with E-state index < -0.39 is 0 Å². The van der Waals surface area contributed by atoms with Gasteiger partial charge in [0.25, 0.3) is 5.91 Å². The predicted octanol–water partition coefficient (Wildman–Crippen LogP) is 3.44. The molecule has 128 valence electrons. The third kappa shape index (κ3) is 4.26. The van der Waals surface area contributed by atoms with E-state index in [4.69, 9.17) is 0 Å². The molecule has 3 rings (SSSR count).